The van der Waals surface area contributed by atoms with Crippen LogP contribution in [0.25, 0.3) is 0 Å². The van der Waals surface area contributed by atoms with Gasteiger partial charge in [-0.05, 0) is 24.3 Å². The number of nitrogens with zero attached hydrogens (tertiary/aromatic N) is 2. The normalized spacial score (nSPS) is 11.3. The Morgan fingerprint density at radius 2 is 1.63 bits per heavy atom. The average Bonchev–Trinajstić information content (AvgIpc) is 2.26. The van der Waals surface area contributed by atoms with Gasteiger partial charge in [0, 0.05) is 11.8 Å². The maximum absolute atomic E-state index is 12.4. The van der Waals surface area contributed by atoms with Crippen molar-refractivity contribution in [1.82, 2.24) is 9.97 Å². The molecule has 0 aliphatic carbocycles. The van der Waals surface area contributed by atoms with E-state index in [1.54, 1.807) is 0 Å². The number of nitrogens with one attached hydrogen (secondary N) is 1. The van der Waals surface area contributed by atoms with Gasteiger partial charge in [-0.1, -0.05) is 0 Å². The van der Waals surface area contributed by atoms with Crippen molar-refractivity contribution in [3.63, 3.8) is 0 Å². The number of alkyl halides is 3. The molecule has 8 heteroatoms. The van der Waals surface area contributed by atoms with E-state index >= 15 is 0 Å². The van der Waals surface area contributed by atoms with Gasteiger partial charge < -0.3 is 16.8 Å². The number of hydrogen-bond donors (Lipinski definition) is 3. The number of rotatable bonds is 2. The number of nitrogen functional groups attached to an aromatic ring is 2. The molecule has 5 nitrogen and oxygen atoms in total. The lowest BCUT2D eigenvalue weighted by Gasteiger charge is -2.09. The first kappa shape index (κ1) is 12.9. The fourth-order valence-corrected chi connectivity index (χ4v) is 1.44. The predicted octanol–water partition coefficient (Wildman–Crippen LogP) is 2.40. The average molecular weight is 269 g/mol. The second-order valence-corrected chi connectivity index (χ2v) is 3.74. The van der Waals surface area contributed by atoms with Crippen LogP contribution < -0.4 is 16.8 Å². The molecule has 100 valence electrons. The highest BCUT2D eigenvalue weighted by Gasteiger charge is 2.29. The molecule has 1 aromatic carbocycles. The number of aromatic nitrogens is 2. The second-order valence-electron chi connectivity index (χ2n) is 3.74. The molecule has 19 heavy (non-hydrogen) atoms. The molecule has 0 spiro atoms. The molecule has 0 amide bonds. The predicted molar refractivity (Wildman–Crippen MR) is 65.6 cm³/mol. The van der Waals surface area contributed by atoms with E-state index in [1.165, 1.54) is 18.2 Å². The quantitative estimate of drug-likeness (QED) is 0.778. The lowest BCUT2D eigenvalue weighted by atomic mass is 10.2. The number of halogens is 3. The van der Waals surface area contributed by atoms with Crippen molar-refractivity contribution < 1.29 is 13.2 Å². The van der Waals surface area contributed by atoms with Crippen LogP contribution in [-0.2, 0) is 6.18 Å². The fourth-order valence-electron chi connectivity index (χ4n) is 1.44. The first-order valence-corrected chi connectivity index (χ1v) is 5.19. The van der Waals surface area contributed by atoms with Gasteiger partial charge in [-0.2, -0.15) is 23.1 Å². The van der Waals surface area contributed by atoms with Gasteiger partial charge in [0.1, 0.15) is 11.6 Å². The number of anilines is 4. The zero-order chi connectivity index (χ0) is 14.0. The molecule has 5 N–H and O–H groups in total. The molecule has 2 aromatic rings. The van der Waals surface area contributed by atoms with Gasteiger partial charge in [-0.3, -0.25) is 0 Å². The van der Waals surface area contributed by atoms with Gasteiger partial charge in [0.2, 0.25) is 5.95 Å². The summed E-state index contributed by atoms with van der Waals surface area (Å²) < 4.78 is 37.1. The van der Waals surface area contributed by atoms with E-state index in [4.69, 9.17) is 11.5 Å². The van der Waals surface area contributed by atoms with Crippen molar-refractivity contribution in [3.8, 4) is 0 Å². The molecule has 0 saturated carbocycles. The first-order chi connectivity index (χ1) is 8.84. The summed E-state index contributed by atoms with van der Waals surface area (Å²) in [5.74, 6) is 0.459. The van der Waals surface area contributed by atoms with Crippen molar-refractivity contribution in [1.29, 1.82) is 0 Å². The summed E-state index contributed by atoms with van der Waals surface area (Å²) in [6, 6.07) is 5.94. The van der Waals surface area contributed by atoms with Gasteiger partial charge >= 0.3 is 6.18 Å². The minimum absolute atomic E-state index is 0.0191. The van der Waals surface area contributed by atoms with Gasteiger partial charge in [0.15, 0.2) is 0 Å². The Balaban J connectivity index is 2.20. The summed E-state index contributed by atoms with van der Waals surface area (Å²) in [5, 5.41) is 2.79. The van der Waals surface area contributed by atoms with Crippen molar-refractivity contribution in [3.05, 3.63) is 35.9 Å². The topological polar surface area (TPSA) is 89.8 Å². The molecule has 0 saturated heterocycles. The zero-order valence-electron chi connectivity index (χ0n) is 9.57. The molecular weight excluding hydrogens is 259 g/mol. The Kier molecular flexibility index (Phi) is 3.16. The van der Waals surface area contributed by atoms with Crippen LogP contribution in [0.1, 0.15) is 5.56 Å². The third-order valence-corrected chi connectivity index (χ3v) is 2.25. The van der Waals surface area contributed by atoms with E-state index in [0.29, 0.717) is 11.5 Å². The van der Waals surface area contributed by atoms with Crippen LogP contribution in [0, 0.1) is 0 Å². The molecule has 0 aliphatic heterocycles. The van der Waals surface area contributed by atoms with Crippen LogP contribution in [0.5, 0.6) is 0 Å². The SMILES string of the molecule is Nc1cc(Nc2ccc(C(F)(F)F)cc2)nc(N)n1. The Morgan fingerprint density at radius 1 is 1.00 bits per heavy atom. The molecule has 0 fully saturated rings. The van der Waals surface area contributed by atoms with Crippen LogP contribution >= 0.6 is 0 Å². The monoisotopic (exact) mass is 269 g/mol. The molecule has 0 radical (unpaired) electrons. The van der Waals surface area contributed by atoms with Crippen LogP contribution in [0.15, 0.2) is 30.3 Å². The van der Waals surface area contributed by atoms with E-state index in [-0.39, 0.29) is 11.8 Å². The number of nitrogens with two attached hydrogens (primary N) is 2. The molecule has 2 rings (SSSR count). The first-order valence-electron chi connectivity index (χ1n) is 5.19. The smallest absolute Gasteiger partial charge is 0.383 e. The summed E-state index contributed by atoms with van der Waals surface area (Å²) in [7, 11) is 0. The molecule has 1 aromatic heterocycles. The zero-order valence-corrected chi connectivity index (χ0v) is 9.57. The summed E-state index contributed by atoms with van der Waals surface area (Å²) in [6.07, 6.45) is -4.36. The minimum atomic E-state index is -4.36. The number of hydrogen-bond acceptors (Lipinski definition) is 5. The van der Waals surface area contributed by atoms with Crippen LogP contribution in [0.3, 0.4) is 0 Å². The highest BCUT2D eigenvalue weighted by Crippen LogP contribution is 2.30. The molecule has 0 unspecified atom stereocenters. The van der Waals surface area contributed by atoms with E-state index in [1.807, 2.05) is 0 Å². The van der Waals surface area contributed by atoms with Gasteiger partial charge in [-0.25, -0.2) is 0 Å². The van der Waals surface area contributed by atoms with Crippen LogP contribution in [0.2, 0.25) is 0 Å². The summed E-state index contributed by atoms with van der Waals surface area (Å²) in [5.41, 5.74) is 10.6. The largest absolute Gasteiger partial charge is 0.416 e. The summed E-state index contributed by atoms with van der Waals surface area (Å²) >= 11 is 0. The summed E-state index contributed by atoms with van der Waals surface area (Å²) in [4.78, 5) is 7.53. The van der Waals surface area contributed by atoms with Crippen molar-refractivity contribution >= 4 is 23.3 Å². The van der Waals surface area contributed by atoms with Crippen molar-refractivity contribution in [2.45, 2.75) is 6.18 Å². The van der Waals surface area contributed by atoms with Gasteiger partial charge in [0.05, 0.1) is 5.56 Å². The van der Waals surface area contributed by atoms with Crippen LogP contribution in [-0.4, -0.2) is 9.97 Å². The van der Waals surface area contributed by atoms with Gasteiger partial charge in [-0.15, -0.1) is 0 Å². The second kappa shape index (κ2) is 4.63. The molecular formula is C11H10F3N5. The van der Waals surface area contributed by atoms with E-state index < -0.39 is 11.7 Å². The van der Waals surface area contributed by atoms with Gasteiger partial charge in [0.25, 0.3) is 0 Å². The maximum Gasteiger partial charge on any atom is 0.416 e. The fraction of sp³-hybridized carbons (Fsp3) is 0.0909. The molecule has 0 atom stereocenters. The highest BCUT2D eigenvalue weighted by molar-refractivity contribution is 5.60. The Hall–Kier alpha value is -2.51. The maximum atomic E-state index is 12.4. The molecule has 0 aliphatic rings. The van der Waals surface area contributed by atoms with Crippen LogP contribution in [0.4, 0.5) is 36.4 Å². The Bertz CT molecular complexity index is 560. The third kappa shape index (κ3) is 3.24. The van der Waals surface area contributed by atoms with E-state index in [0.717, 1.165) is 12.1 Å². The van der Waals surface area contributed by atoms with Crippen molar-refractivity contribution in [2.24, 2.45) is 0 Å². The Morgan fingerprint density at radius 3 is 2.16 bits per heavy atom. The van der Waals surface area contributed by atoms with Crippen molar-refractivity contribution in [2.75, 3.05) is 16.8 Å². The number of benzene rings is 1. The lowest BCUT2D eigenvalue weighted by molar-refractivity contribution is -0.137. The van der Waals surface area contributed by atoms with E-state index in [9.17, 15) is 13.2 Å². The Labute approximate surface area is 106 Å². The third-order valence-electron chi connectivity index (χ3n) is 2.25. The lowest BCUT2D eigenvalue weighted by Crippen LogP contribution is -2.05. The van der Waals surface area contributed by atoms with E-state index in [2.05, 4.69) is 15.3 Å². The summed E-state index contributed by atoms with van der Waals surface area (Å²) in [6.45, 7) is 0. The highest BCUT2D eigenvalue weighted by atomic mass is 19.4. The minimum Gasteiger partial charge on any atom is -0.383 e. The molecule has 1 heterocycles. The molecule has 0 bridgehead atoms. The standard InChI is InChI=1S/C11H10F3N5/c12-11(13,14)6-1-3-7(4-2-6)17-9-5-8(15)18-10(16)19-9/h1-5H,(H5,15,16,17,18,19).